The highest BCUT2D eigenvalue weighted by Gasteiger charge is 2.47. The molecular formula is C9H13F3N2O. The molecule has 1 aliphatic carbocycles. The molecule has 0 radical (unpaired) electrons. The van der Waals surface area contributed by atoms with Gasteiger partial charge in [-0.05, 0) is 6.92 Å². The third kappa shape index (κ3) is 3.36. The lowest BCUT2D eigenvalue weighted by Crippen LogP contribution is -2.59. The first-order valence-electron chi connectivity index (χ1n) is 4.75. The van der Waals surface area contributed by atoms with Crippen molar-refractivity contribution in [3.05, 3.63) is 0 Å². The van der Waals surface area contributed by atoms with Crippen LogP contribution in [0.3, 0.4) is 0 Å². The first kappa shape index (κ1) is 12.3. The lowest BCUT2D eigenvalue weighted by molar-refractivity contribution is -0.133. The number of nitrogens with one attached hydrogen (secondary N) is 1. The molecule has 15 heavy (non-hydrogen) atoms. The van der Waals surface area contributed by atoms with Crippen molar-refractivity contribution in [2.24, 2.45) is 0 Å². The van der Waals surface area contributed by atoms with Crippen LogP contribution in [0.5, 0.6) is 0 Å². The Morgan fingerprint density at radius 2 is 2.13 bits per heavy atom. The van der Waals surface area contributed by atoms with Crippen LogP contribution in [0.1, 0.15) is 19.8 Å². The smallest absolute Gasteiger partial charge is 0.378 e. The van der Waals surface area contributed by atoms with Crippen LogP contribution in [0.2, 0.25) is 0 Å². The fraction of sp³-hybridized carbons (Fsp3) is 0.889. The van der Waals surface area contributed by atoms with Crippen LogP contribution in [-0.4, -0.2) is 31.0 Å². The van der Waals surface area contributed by atoms with E-state index in [-0.39, 0.29) is 6.10 Å². The molecule has 1 rings (SSSR count). The maximum atomic E-state index is 11.9. The number of nitriles is 1. The minimum absolute atomic E-state index is 0.0876. The van der Waals surface area contributed by atoms with Crippen molar-refractivity contribution in [2.45, 2.75) is 37.6 Å². The van der Waals surface area contributed by atoms with Crippen molar-refractivity contribution in [3.8, 4) is 6.07 Å². The van der Waals surface area contributed by atoms with Gasteiger partial charge in [0.15, 0.2) is 0 Å². The number of rotatable bonds is 4. The van der Waals surface area contributed by atoms with Crippen molar-refractivity contribution >= 4 is 0 Å². The molecule has 1 N–H and O–H groups in total. The topological polar surface area (TPSA) is 45.0 Å². The summed E-state index contributed by atoms with van der Waals surface area (Å²) in [5.41, 5.74) is -1.05. The number of hydrogen-bond donors (Lipinski definition) is 1. The molecule has 6 heteroatoms. The van der Waals surface area contributed by atoms with Crippen LogP contribution >= 0.6 is 0 Å². The average molecular weight is 222 g/mol. The van der Waals surface area contributed by atoms with Crippen LogP contribution in [0, 0.1) is 11.3 Å². The molecule has 0 atom stereocenters. The second-order valence-corrected chi connectivity index (χ2v) is 3.65. The van der Waals surface area contributed by atoms with Gasteiger partial charge in [0.05, 0.1) is 18.7 Å². The molecule has 0 spiro atoms. The minimum atomic E-state index is -4.28. The zero-order valence-corrected chi connectivity index (χ0v) is 8.40. The van der Waals surface area contributed by atoms with Crippen LogP contribution in [0.4, 0.5) is 13.2 Å². The van der Waals surface area contributed by atoms with Crippen molar-refractivity contribution in [1.29, 1.82) is 5.26 Å². The zero-order valence-electron chi connectivity index (χ0n) is 8.40. The van der Waals surface area contributed by atoms with Gasteiger partial charge >= 0.3 is 6.18 Å². The molecule has 0 aromatic carbocycles. The highest BCUT2D eigenvalue weighted by molar-refractivity contribution is 5.16. The van der Waals surface area contributed by atoms with Crippen molar-refractivity contribution in [2.75, 3.05) is 13.2 Å². The molecule has 0 bridgehead atoms. The predicted molar refractivity (Wildman–Crippen MR) is 47.0 cm³/mol. The summed E-state index contributed by atoms with van der Waals surface area (Å²) in [6.07, 6.45) is -3.71. The first-order valence-corrected chi connectivity index (χ1v) is 4.75. The SMILES string of the molecule is CCOC1CC(C#N)(NCC(F)(F)F)C1. The standard InChI is InChI=1S/C9H13F3N2O/c1-2-15-7-3-8(4-7,5-13)14-6-9(10,11)12/h7,14H,2-4,6H2,1H3. The number of halogens is 3. The van der Waals surface area contributed by atoms with Gasteiger partial charge in [0.25, 0.3) is 0 Å². The molecule has 1 saturated carbocycles. The number of nitrogens with zero attached hydrogens (tertiary/aromatic N) is 1. The monoisotopic (exact) mass is 222 g/mol. The third-order valence-electron chi connectivity index (χ3n) is 2.40. The Balaban J connectivity index is 2.36. The second-order valence-electron chi connectivity index (χ2n) is 3.65. The van der Waals surface area contributed by atoms with E-state index in [1.807, 2.05) is 13.0 Å². The predicted octanol–water partition coefficient (Wildman–Crippen LogP) is 1.60. The highest BCUT2D eigenvalue weighted by Crippen LogP contribution is 2.34. The Morgan fingerprint density at radius 1 is 1.53 bits per heavy atom. The lowest BCUT2D eigenvalue weighted by atomic mass is 9.75. The molecule has 0 heterocycles. The minimum Gasteiger partial charge on any atom is -0.378 e. The Hall–Kier alpha value is -0.800. The maximum Gasteiger partial charge on any atom is 0.401 e. The maximum absolute atomic E-state index is 11.9. The van der Waals surface area contributed by atoms with Crippen molar-refractivity contribution in [3.63, 3.8) is 0 Å². The van der Waals surface area contributed by atoms with Gasteiger partial charge in [0, 0.05) is 19.4 Å². The quantitative estimate of drug-likeness (QED) is 0.785. The third-order valence-corrected chi connectivity index (χ3v) is 2.40. The number of hydrogen-bond acceptors (Lipinski definition) is 3. The zero-order chi connectivity index (χ0) is 11.5. The van der Waals surface area contributed by atoms with Crippen molar-refractivity contribution < 1.29 is 17.9 Å². The van der Waals surface area contributed by atoms with Gasteiger partial charge in [0.2, 0.25) is 0 Å². The van der Waals surface area contributed by atoms with Gasteiger partial charge in [-0.3, -0.25) is 5.32 Å². The highest BCUT2D eigenvalue weighted by atomic mass is 19.4. The second kappa shape index (κ2) is 4.37. The summed E-state index contributed by atoms with van der Waals surface area (Å²) in [4.78, 5) is 0. The van der Waals surface area contributed by atoms with Gasteiger partial charge < -0.3 is 4.74 Å². The summed E-state index contributed by atoms with van der Waals surface area (Å²) in [5, 5.41) is 11.0. The van der Waals surface area contributed by atoms with E-state index in [2.05, 4.69) is 5.32 Å². The van der Waals surface area contributed by atoms with E-state index >= 15 is 0 Å². The Labute approximate surface area is 86.2 Å². The van der Waals surface area contributed by atoms with E-state index in [9.17, 15) is 13.2 Å². The van der Waals surface area contributed by atoms with Gasteiger partial charge in [-0.2, -0.15) is 18.4 Å². The summed E-state index contributed by atoms with van der Waals surface area (Å²) < 4.78 is 41.0. The van der Waals surface area contributed by atoms with E-state index < -0.39 is 18.3 Å². The molecular weight excluding hydrogens is 209 g/mol. The number of ether oxygens (including phenoxy) is 1. The van der Waals surface area contributed by atoms with Crippen molar-refractivity contribution in [1.82, 2.24) is 5.32 Å². The molecule has 1 fully saturated rings. The fourth-order valence-electron chi connectivity index (χ4n) is 1.62. The largest absolute Gasteiger partial charge is 0.401 e. The Kier molecular flexibility index (Phi) is 3.58. The van der Waals surface area contributed by atoms with Crippen LogP contribution in [-0.2, 0) is 4.74 Å². The van der Waals surface area contributed by atoms with Gasteiger partial charge in [-0.15, -0.1) is 0 Å². The summed E-state index contributed by atoms with van der Waals surface area (Å²) in [6, 6.07) is 1.88. The van der Waals surface area contributed by atoms with Gasteiger partial charge in [0.1, 0.15) is 5.54 Å². The van der Waals surface area contributed by atoms with Gasteiger partial charge in [-0.1, -0.05) is 0 Å². The lowest BCUT2D eigenvalue weighted by Gasteiger charge is -2.42. The fourth-order valence-corrected chi connectivity index (χ4v) is 1.62. The van der Waals surface area contributed by atoms with E-state index in [1.54, 1.807) is 0 Å². The van der Waals surface area contributed by atoms with E-state index in [4.69, 9.17) is 10.00 Å². The average Bonchev–Trinajstić information content (AvgIpc) is 2.07. The molecule has 0 saturated heterocycles. The molecule has 0 aromatic heterocycles. The molecule has 1 aliphatic rings. The van der Waals surface area contributed by atoms with E-state index in [1.165, 1.54) is 0 Å². The van der Waals surface area contributed by atoms with Crippen LogP contribution in [0.15, 0.2) is 0 Å². The Bertz CT molecular complexity index is 253. The van der Waals surface area contributed by atoms with Crippen LogP contribution in [0.25, 0.3) is 0 Å². The molecule has 0 aliphatic heterocycles. The summed E-state index contributed by atoms with van der Waals surface area (Å²) in [7, 11) is 0. The summed E-state index contributed by atoms with van der Waals surface area (Å²) in [5.74, 6) is 0. The summed E-state index contributed by atoms with van der Waals surface area (Å²) in [6.45, 7) is 1.21. The molecule has 3 nitrogen and oxygen atoms in total. The normalized spacial score (nSPS) is 30.7. The van der Waals surface area contributed by atoms with E-state index in [0.717, 1.165) is 0 Å². The number of alkyl halides is 3. The molecule has 86 valence electrons. The van der Waals surface area contributed by atoms with Crippen LogP contribution < -0.4 is 5.32 Å². The van der Waals surface area contributed by atoms with Gasteiger partial charge in [-0.25, -0.2) is 0 Å². The molecule has 0 unspecified atom stereocenters. The summed E-state index contributed by atoms with van der Waals surface area (Å²) >= 11 is 0. The Morgan fingerprint density at radius 3 is 2.53 bits per heavy atom. The van der Waals surface area contributed by atoms with E-state index in [0.29, 0.717) is 19.4 Å². The molecule has 0 amide bonds. The molecule has 0 aromatic rings. The first-order chi connectivity index (χ1) is 6.91.